The fourth-order valence-electron chi connectivity index (χ4n) is 4.57. The molecule has 2 aliphatic heterocycles. The van der Waals surface area contributed by atoms with Crippen LogP contribution in [0, 0.1) is 5.41 Å². The van der Waals surface area contributed by atoms with Crippen LogP contribution >= 0.6 is 23.5 Å². The molecule has 25 heavy (non-hydrogen) atoms. The Morgan fingerprint density at radius 2 is 1.60 bits per heavy atom. The number of hydrogen-bond acceptors (Lipinski definition) is 4. The standard InChI is InChI=1S/C21H30N2S2/c1-13-9-14(2)21(12-20(5,6)23-18(21)25-8)16-10-17(24-7)22-19(3,4)11-15(13)16/h9-10H,11-12H2,1-8H3/t21-/m0/s1. The topological polar surface area (TPSA) is 24.7 Å². The first-order valence-corrected chi connectivity index (χ1v) is 11.4. The number of hydrogen-bond donors (Lipinski definition) is 0. The molecule has 2 nitrogen and oxygen atoms in total. The molecule has 1 atom stereocenters. The van der Waals surface area contributed by atoms with Crippen LogP contribution in [0.2, 0.25) is 0 Å². The van der Waals surface area contributed by atoms with E-state index in [0.717, 1.165) is 17.9 Å². The second kappa shape index (κ2) is 6.16. The molecule has 4 heteroatoms. The van der Waals surface area contributed by atoms with Crippen molar-refractivity contribution in [3.05, 3.63) is 34.4 Å². The highest BCUT2D eigenvalue weighted by molar-refractivity contribution is 8.14. The first kappa shape index (κ1) is 19.0. The Bertz CT molecular complexity index is 763. The van der Waals surface area contributed by atoms with Crippen molar-refractivity contribution in [1.82, 2.24) is 0 Å². The molecule has 0 fully saturated rings. The molecule has 0 N–H and O–H groups in total. The minimum atomic E-state index is -0.0747. The quantitative estimate of drug-likeness (QED) is 0.514. The summed E-state index contributed by atoms with van der Waals surface area (Å²) in [7, 11) is 0. The summed E-state index contributed by atoms with van der Waals surface area (Å²) in [5, 5.41) is 2.41. The van der Waals surface area contributed by atoms with Gasteiger partial charge in [-0.05, 0) is 89.7 Å². The van der Waals surface area contributed by atoms with E-state index in [4.69, 9.17) is 9.98 Å². The molecule has 0 aromatic heterocycles. The van der Waals surface area contributed by atoms with Gasteiger partial charge in [-0.3, -0.25) is 9.98 Å². The lowest BCUT2D eigenvalue weighted by molar-refractivity contribution is 0.419. The van der Waals surface area contributed by atoms with E-state index in [2.05, 4.69) is 66.2 Å². The molecule has 1 aliphatic carbocycles. The van der Waals surface area contributed by atoms with Gasteiger partial charge in [0, 0.05) is 0 Å². The lowest BCUT2D eigenvalue weighted by atomic mass is 9.63. The molecule has 0 radical (unpaired) electrons. The normalized spacial score (nSPS) is 30.4. The van der Waals surface area contributed by atoms with Gasteiger partial charge in [-0.1, -0.05) is 11.6 Å². The number of aliphatic imine (C=N–C) groups is 2. The fraction of sp³-hybridized carbons (Fsp3) is 0.619. The maximum Gasteiger partial charge on any atom is 0.0911 e. The minimum absolute atomic E-state index is 0.0247. The summed E-state index contributed by atoms with van der Waals surface area (Å²) >= 11 is 3.57. The average Bonchev–Trinajstić information content (AvgIpc) is 2.69. The first-order chi connectivity index (χ1) is 11.5. The second-order valence-corrected chi connectivity index (χ2v) is 10.3. The molecule has 136 valence electrons. The van der Waals surface area contributed by atoms with Crippen LogP contribution in [-0.4, -0.2) is 33.7 Å². The van der Waals surface area contributed by atoms with E-state index in [1.807, 2.05) is 11.8 Å². The molecule has 0 aromatic rings. The Morgan fingerprint density at radius 3 is 2.20 bits per heavy atom. The van der Waals surface area contributed by atoms with Crippen LogP contribution in [0.4, 0.5) is 0 Å². The Kier molecular flexibility index (Phi) is 4.69. The van der Waals surface area contributed by atoms with Gasteiger partial charge in [-0.2, -0.15) is 0 Å². The van der Waals surface area contributed by atoms with E-state index >= 15 is 0 Å². The van der Waals surface area contributed by atoms with Crippen LogP contribution in [0.5, 0.6) is 0 Å². The summed E-state index contributed by atoms with van der Waals surface area (Å²) in [6.45, 7) is 13.6. The highest BCUT2D eigenvalue weighted by Crippen LogP contribution is 2.58. The number of allylic oxidation sites excluding steroid dienone is 4. The monoisotopic (exact) mass is 374 g/mol. The molecule has 0 saturated heterocycles. The van der Waals surface area contributed by atoms with Gasteiger partial charge >= 0.3 is 0 Å². The highest BCUT2D eigenvalue weighted by atomic mass is 32.2. The lowest BCUT2D eigenvalue weighted by Crippen LogP contribution is -2.36. The molecular weight excluding hydrogens is 344 g/mol. The van der Waals surface area contributed by atoms with Crippen molar-refractivity contribution in [3.8, 4) is 0 Å². The van der Waals surface area contributed by atoms with E-state index < -0.39 is 0 Å². The lowest BCUT2D eigenvalue weighted by Gasteiger charge is -2.41. The molecule has 0 unspecified atom stereocenters. The Labute approximate surface area is 161 Å². The third kappa shape index (κ3) is 3.10. The van der Waals surface area contributed by atoms with Gasteiger partial charge in [0.25, 0.3) is 0 Å². The van der Waals surface area contributed by atoms with E-state index in [-0.39, 0.29) is 16.5 Å². The zero-order valence-corrected chi connectivity index (χ0v) is 18.4. The molecule has 0 aromatic carbocycles. The predicted molar refractivity (Wildman–Crippen MR) is 116 cm³/mol. The minimum Gasteiger partial charge on any atom is -0.276 e. The summed E-state index contributed by atoms with van der Waals surface area (Å²) in [6, 6.07) is 0. The molecule has 0 bridgehead atoms. The summed E-state index contributed by atoms with van der Waals surface area (Å²) in [6.07, 6.45) is 11.1. The van der Waals surface area contributed by atoms with Crippen LogP contribution in [0.1, 0.15) is 54.4 Å². The largest absolute Gasteiger partial charge is 0.276 e. The van der Waals surface area contributed by atoms with Gasteiger partial charge < -0.3 is 0 Å². The van der Waals surface area contributed by atoms with Crippen molar-refractivity contribution in [2.24, 2.45) is 15.4 Å². The Hall–Kier alpha value is -0.740. The van der Waals surface area contributed by atoms with Gasteiger partial charge in [-0.15, -0.1) is 23.5 Å². The van der Waals surface area contributed by atoms with Gasteiger partial charge in [0.1, 0.15) is 0 Å². The van der Waals surface area contributed by atoms with E-state index in [1.54, 1.807) is 11.8 Å². The summed E-state index contributed by atoms with van der Waals surface area (Å²) in [5.74, 6) is 0. The highest BCUT2D eigenvalue weighted by Gasteiger charge is 2.52. The Morgan fingerprint density at radius 1 is 0.920 bits per heavy atom. The molecule has 0 saturated carbocycles. The van der Waals surface area contributed by atoms with Gasteiger partial charge in [-0.25, -0.2) is 0 Å². The van der Waals surface area contributed by atoms with Gasteiger partial charge in [0.2, 0.25) is 0 Å². The molecule has 3 rings (SSSR count). The van der Waals surface area contributed by atoms with Crippen LogP contribution < -0.4 is 0 Å². The zero-order valence-electron chi connectivity index (χ0n) is 16.8. The van der Waals surface area contributed by atoms with E-state index in [0.29, 0.717) is 0 Å². The number of fused-ring (bicyclic) bond motifs is 2. The summed E-state index contributed by atoms with van der Waals surface area (Å²) < 4.78 is 0. The van der Waals surface area contributed by atoms with Crippen LogP contribution in [0.25, 0.3) is 0 Å². The predicted octanol–water partition coefficient (Wildman–Crippen LogP) is 6.06. The second-order valence-electron chi connectivity index (χ2n) is 8.71. The zero-order chi connectivity index (χ0) is 18.6. The maximum atomic E-state index is 5.13. The van der Waals surface area contributed by atoms with Crippen LogP contribution in [-0.2, 0) is 0 Å². The van der Waals surface area contributed by atoms with Crippen molar-refractivity contribution in [1.29, 1.82) is 0 Å². The van der Waals surface area contributed by atoms with E-state index in [9.17, 15) is 0 Å². The van der Waals surface area contributed by atoms with Crippen LogP contribution in [0.3, 0.4) is 0 Å². The fourth-order valence-corrected chi connectivity index (χ4v) is 6.17. The molecule has 3 aliphatic rings. The van der Waals surface area contributed by atoms with Crippen molar-refractivity contribution >= 4 is 33.6 Å². The van der Waals surface area contributed by atoms with E-state index in [1.165, 1.54) is 27.3 Å². The number of nitrogens with zero attached hydrogens (tertiary/aromatic N) is 2. The Balaban J connectivity index is 2.28. The third-order valence-electron chi connectivity index (χ3n) is 5.53. The summed E-state index contributed by atoms with van der Waals surface area (Å²) in [4.78, 5) is 10.2. The maximum absolute atomic E-state index is 5.13. The SMILES string of the molecule is CSC1=NC(C)(C)CC2=C(C)C=C(C)[C@@]3(CC(C)(C)N=C3SC)C2=C1. The van der Waals surface area contributed by atoms with Crippen molar-refractivity contribution < 1.29 is 0 Å². The summed E-state index contributed by atoms with van der Waals surface area (Å²) in [5.41, 5.74) is 5.57. The average molecular weight is 375 g/mol. The van der Waals surface area contributed by atoms with Crippen molar-refractivity contribution in [2.45, 2.75) is 65.5 Å². The van der Waals surface area contributed by atoms with Gasteiger partial charge in [0.05, 0.1) is 26.6 Å². The molecule has 2 heterocycles. The number of thioether (sulfide) groups is 2. The van der Waals surface area contributed by atoms with Crippen molar-refractivity contribution in [3.63, 3.8) is 0 Å². The van der Waals surface area contributed by atoms with Crippen molar-refractivity contribution in [2.75, 3.05) is 12.5 Å². The van der Waals surface area contributed by atoms with Crippen LogP contribution in [0.15, 0.2) is 44.4 Å². The smallest absolute Gasteiger partial charge is 0.0911 e. The molecule has 0 amide bonds. The third-order valence-corrected chi connectivity index (χ3v) is 6.98. The first-order valence-electron chi connectivity index (χ1n) is 8.94. The molecular formula is C21H30N2S2. The number of rotatable bonds is 0. The molecule has 1 spiro atoms. The van der Waals surface area contributed by atoms with Gasteiger partial charge in [0.15, 0.2) is 0 Å².